The molecule has 0 spiro atoms. The molecule has 0 aromatic heterocycles. The van der Waals surface area contributed by atoms with Gasteiger partial charge in [-0.1, -0.05) is 63.9 Å². The van der Waals surface area contributed by atoms with E-state index in [4.69, 9.17) is 5.73 Å². The van der Waals surface area contributed by atoms with Crippen molar-refractivity contribution in [3.05, 3.63) is 35.9 Å². The summed E-state index contributed by atoms with van der Waals surface area (Å²) in [6.45, 7) is 5.41. The lowest BCUT2D eigenvalue weighted by molar-refractivity contribution is -0.143. The minimum absolute atomic E-state index is 0.244. The third-order valence-corrected chi connectivity index (χ3v) is 6.87. The molecule has 206 valence electrons. The number of benzene rings is 1. The molecule has 3 atom stereocenters. The first kappa shape index (κ1) is 28.8. The van der Waals surface area contributed by atoms with Gasteiger partial charge in [0, 0.05) is 12.1 Å². The molecule has 38 heavy (non-hydrogen) atoms. The number of nitrogens with two attached hydrogens (primary N) is 1. The van der Waals surface area contributed by atoms with Crippen LogP contribution in [0.3, 0.4) is 0 Å². The molecule has 0 bridgehead atoms. The third-order valence-electron chi connectivity index (χ3n) is 6.87. The summed E-state index contributed by atoms with van der Waals surface area (Å²) in [5.74, 6) is -2.95. The monoisotopic (exact) mass is 527 g/mol. The number of carbonyl (C=O) groups is 6. The van der Waals surface area contributed by atoms with Crippen molar-refractivity contribution < 1.29 is 28.8 Å². The second-order valence-electron chi connectivity index (χ2n) is 11.1. The van der Waals surface area contributed by atoms with E-state index in [1.54, 1.807) is 51.1 Å². The number of likely N-dealkylation sites (tertiary alicyclic amines) is 1. The number of amides is 5. The molecule has 2 unspecified atom stereocenters. The normalized spacial score (nSPS) is 18.7. The maximum atomic E-state index is 13.6. The van der Waals surface area contributed by atoms with E-state index in [-0.39, 0.29) is 18.2 Å². The molecule has 1 aliphatic heterocycles. The minimum atomic E-state index is -1.11. The number of ketones is 2. The molecule has 5 N–H and O–H groups in total. The van der Waals surface area contributed by atoms with E-state index in [1.807, 2.05) is 0 Å². The van der Waals surface area contributed by atoms with Crippen LogP contribution in [-0.2, 0) is 19.2 Å². The van der Waals surface area contributed by atoms with E-state index < -0.39 is 53.1 Å². The van der Waals surface area contributed by atoms with Crippen molar-refractivity contribution in [3.63, 3.8) is 0 Å². The van der Waals surface area contributed by atoms with Gasteiger partial charge in [-0.3, -0.25) is 24.0 Å². The van der Waals surface area contributed by atoms with Gasteiger partial charge in [0.25, 0.3) is 5.91 Å². The number of rotatable bonds is 11. The van der Waals surface area contributed by atoms with E-state index in [0.717, 1.165) is 12.8 Å². The Balaban J connectivity index is 1.65. The number of nitrogens with zero attached hydrogens (tertiary/aromatic N) is 1. The van der Waals surface area contributed by atoms with Crippen LogP contribution in [0.5, 0.6) is 0 Å². The maximum Gasteiger partial charge on any atom is 0.315 e. The molecule has 1 aromatic rings. The van der Waals surface area contributed by atoms with Crippen molar-refractivity contribution in [2.24, 2.45) is 17.1 Å². The maximum absolute atomic E-state index is 13.6. The Morgan fingerprint density at radius 3 is 2.24 bits per heavy atom. The molecule has 1 saturated heterocycles. The standard InChI is InChI=1S/C27H37N5O6/c1-27(2,3)22(31-26(38)29-15-20(33)17-8-5-4-6-9-17)25(37)32-13-7-10-19(32)24(36)30-18(14-16-11-12-16)21(34)23(28)35/h4-6,8-9,16,18-19,22H,7,10-15H2,1-3H3,(H2,28,35)(H,30,36)(H2,29,31,38)/t18?,19-,22?/m0/s1. The summed E-state index contributed by atoms with van der Waals surface area (Å²) in [4.78, 5) is 76.9. The molecule has 1 heterocycles. The van der Waals surface area contributed by atoms with Crippen molar-refractivity contribution in [3.8, 4) is 0 Å². The van der Waals surface area contributed by atoms with Crippen LogP contribution in [0.25, 0.3) is 0 Å². The summed E-state index contributed by atoms with van der Waals surface area (Å²) in [6.07, 6.45) is 3.12. The van der Waals surface area contributed by atoms with Crippen LogP contribution in [0.2, 0.25) is 0 Å². The number of carbonyl (C=O) groups excluding carboxylic acids is 6. The van der Waals surface area contributed by atoms with Crippen LogP contribution in [0.15, 0.2) is 30.3 Å². The lowest BCUT2D eigenvalue weighted by atomic mass is 9.85. The number of primary amides is 1. The molecule has 2 fully saturated rings. The van der Waals surface area contributed by atoms with Gasteiger partial charge in [-0.05, 0) is 30.6 Å². The molecular weight excluding hydrogens is 490 g/mol. The van der Waals surface area contributed by atoms with E-state index in [1.165, 1.54) is 4.90 Å². The largest absolute Gasteiger partial charge is 0.363 e. The van der Waals surface area contributed by atoms with Crippen molar-refractivity contribution in [1.29, 1.82) is 0 Å². The van der Waals surface area contributed by atoms with Gasteiger partial charge in [-0.25, -0.2) is 4.79 Å². The summed E-state index contributed by atoms with van der Waals surface area (Å²) >= 11 is 0. The van der Waals surface area contributed by atoms with Gasteiger partial charge in [-0.15, -0.1) is 0 Å². The van der Waals surface area contributed by atoms with Crippen LogP contribution in [0.1, 0.15) is 63.2 Å². The van der Waals surface area contributed by atoms with Gasteiger partial charge in [0.15, 0.2) is 5.78 Å². The molecule has 2 aliphatic rings. The van der Waals surface area contributed by atoms with Crippen molar-refractivity contribution >= 4 is 35.3 Å². The molecule has 5 amide bonds. The SMILES string of the molecule is CC(C)(C)C(NC(=O)NCC(=O)c1ccccc1)C(=O)N1CCC[C@H]1C(=O)NC(CC1CC1)C(=O)C(N)=O. The number of hydrogen-bond acceptors (Lipinski definition) is 6. The molecule has 0 radical (unpaired) electrons. The van der Waals surface area contributed by atoms with Crippen LogP contribution < -0.4 is 21.7 Å². The molecule has 11 heteroatoms. The highest BCUT2D eigenvalue weighted by Gasteiger charge is 2.43. The number of hydrogen-bond donors (Lipinski definition) is 4. The molecule has 1 aromatic carbocycles. The zero-order valence-corrected chi connectivity index (χ0v) is 22.1. The fourth-order valence-corrected chi connectivity index (χ4v) is 4.54. The smallest absolute Gasteiger partial charge is 0.315 e. The van der Waals surface area contributed by atoms with Gasteiger partial charge in [0.05, 0.1) is 12.6 Å². The van der Waals surface area contributed by atoms with Gasteiger partial charge in [0.2, 0.25) is 17.6 Å². The topological polar surface area (TPSA) is 168 Å². The van der Waals surface area contributed by atoms with Crippen molar-refractivity contribution in [2.75, 3.05) is 13.1 Å². The number of urea groups is 1. The van der Waals surface area contributed by atoms with Crippen LogP contribution >= 0.6 is 0 Å². The molecule has 1 aliphatic carbocycles. The van der Waals surface area contributed by atoms with E-state index in [0.29, 0.717) is 31.4 Å². The first-order chi connectivity index (χ1) is 17.9. The molecule has 3 rings (SSSR count). The van der Waals surface area contributed by atoms with Gasteiger partial charge in [0.1, 0.15) is 12.1 Å². The highest BCUT2D eigenvalue weighted by atomic mass is 16.2. The summed E-state index contributed by atoms with van der Waals surface area (Å²) in [5.41, 5.74) is 4.92. The zero-order chi connectivity index (χ0) is 28.0. The summed E-state index contributed by atoms with van der Waals surface area (Å²) in [7, 11) is 0. The Morgan fingerprint density at radius 1 is 1.00 bits per heavy atom. The average molecular weight is 528 g/mol. The number of Topliss-reactive ketones (excluding diaryl/α,β-unsaturated/α-hetero) is 2. The van der Waals surface area contributed by atoms with E-state index >= 15 is 0 Å². The average Bonchev–Trinajstić information content (AvgIpc) is 3.55. The molecule has 11 nitrogen and oxygen atoms in total. The van der Waals surface area contributed by atoms with E-state index in [9.17, 15) is 28.8 Å². The summed E-state index contributed by atoms with van der Waals surface area (Å²) in [6, 6.07) is 4.99. The fourth-order valence-electron chi connectivity index (χ4n) is 4.54. The van der Waals surface area contributed by atoms with Crippen LogP contribution in [-0.4, -0.2) is 71.4 Å². The quantitative estimate of drug-likeness (QED) is 0.246. The Hall–Kier alpha value is -3.76. The lowest BCUT2D eigenvalue weighted by Crippen LogP contribution is -2.60. The minimum Gasteiger partial charge on any atom is -0.363 e. The third kappa shape index (κ3) is 7.62. The molecule has 1 saturated carbocycles. The Morgan fingerprint density at radius 2 is 1.66 bits per heavy atom. The zero-order valence-electron chi connectivity index (χ0n) is 22.1. The Kier molecular flexibility index (Phi) is 9.24. The highest BCUT2D eigenvalue weighted by Crippen LogP contribution is 2.34. The van der Waals surface area contributed by atoms with Crippen LogP contribution in [0.4, 0.5) is 4.79 Å². The predicted molar refractivity (Wildman–Crippen MR) is 139 cm³/mol. The van der Waals surface area contributed by atoms with Crippen molar-refractivity contribution in [1.82, 2.24) is 20.9 Å². The predicted octanol–water partition coefficient (Wildman–Crippen LogP) is 0.914. The number of nitrogens with one attached hydrogen (secondary N) is 3. The fraction of sp³-hybridized carbons (Fsp3) is 0.556. The van der Waals surface area contributed by atoms with E-state index in [2.05, 4.69) is 16.0 Å². The van der Waals surface area contributed by atoms with Crippen molar-refractivity contribution in [2.45, 2.75) is 71.0 Å². The van der Waals surface area contributed by atoms with Gasteiger partial charge >= 0.3 is 6.03 Å². The summed E-state index contributed by atoms with van der Waals surface area (Å²) < 4.78 is 0. The van der Waals surface area contributed by atoms with Crippen LogP contribution in [0, 0.1) is 11.3 Å². The second kappa shape index (κ2) is 12.2. The van der Waals surface area contributed by atoms with Gasteiger partial charge in [-0.2, -0.15) is 0 Å². The molecular formula is C27H37N5O6. The summed E-state index contributed by atoms with van der Waals surface area (Å²) in [5, 5.41) is 7.82. The highest BCUT2D eigenvalue weighted by molar-refractivity contribution is 6.37. The first-order valence-corrected chi connectivity index (χ1v) is 13.0. The van der Waals surface area contributed by atoms with Gasteiger partial charge < -0.3 is 26.6 Å². The Labute approximate surface area is 222 Å². The lowest BCUT2D eigenvalue weighted by Gasteiger charge is -2.35. The first-order valence-electron chi connectivity index (χ1n) is 13.0. The second-order valence-corrected chi connectivity index (χ2v) is 11.1. The Bertz CT molecular complexity index is 1080.